The van der Waals surface area contributed by atoms with Gasteiger partial charge >= 0.3 is 6.09 Å². The Morgan fingerprint density at radius 1 is 1.29 bits per heavy atom. The maximum Gasteiger partial charge on any atom is 0.404 e. The number of primary amides is 1. The van der Waals surface area contributed by atoms with Gasteiger partial charge < -0.3 is 26.0 Å². The highest BCUT2D eigenvalue weighted by Crippen LogP contribution is 2.43. The fraction of sp³-hybridized carbons (Fsp3) is 0.440. The Bertz CT molecular complexity index is 1220. The molecule has 1 saturated carbocycles. The topological polar surface area (TPSA) is 122 Å². The molecule has 4 atom stereocenters. The second kappa shape index (κ2) is 8.71. The molecule has 0 radical (unpaired) electrons. The number of amides is 2. The Kier molecular flexibility index (Phi) is 5.83. The summed E-state index contributed by atoms with van der Waals surface area (Å²) in [5, 5.41) is 6.98. The molecule has 1 aromatic carbocycles. The summed E-state index contributed by atoms with van der Waals surface area (Å²) in [5.74, 6) is 1.25. The van der Waals surface area contributed by atoms with Crippen LogP contribution in [0.25, 0.3) is 0 Å². The van der Waals surface area contributed by atoms with Gasteiger partial charge in [-0.2, -0.15) is 4.98 Å². The molecule has 2 heterocycles. The number of carbonyl (C=O) groups is 2. The van der Waals surface area contributed by atoms with E-state index in [2.05, 4.69) is 46.6 Å². The third-order valence-electron chi connectivity index (χ3n) is 7.37. The van der Waals surface area contributed by atoms with Crippen LogP contribution < -0.4 is 21.3 Å². The summed E-state index contributed by atoms with van der Waals surface area (Å²) in [5.41, 5.74) is 7.94. The summed E-state index contributed by atoms with van der Waals surface area (Å²) in [4.78, 5) is 34.5. The molecule has 2 aromatic rings. The van der Waals surface area contributed by atoms with Gasteiger partial charge in [-0.15, -0.1) is 0 Å². The zero-order valence-electron chi connectivity index (χ0n) is 19.9. The van der Waals surface area contributed by atoms with Gasteiger partial charge in [-0.1, -0.05) is 37.6 Å². The number of aromatic nitrogens is 2. The quantitative estimate of drug-likeness (QED) is 0.525. The zero-order chi connectivity index (χ0) is 24.9. The SMILES string of the molecule is CN1C(=O)CCC(C)(C)c2cc(Nc3ncc(Cl)c(NC4C5C=CC(C5)C4OC(N)=O)n3)ccc21. The van der Waals surface area contributed by atoms with E-state index in [0.717, 1.165) is 29.8 Å². The van der Waals surface area contributed by atoms with Crippen molar-refractivity contribution in [3.8, 4) is 0 Å². The fourth-order valence-electron chi connectivity index (χ4n) is 5.38. The van der Waals surface area contributed by atoms with Gasteiger partial charge in [0.25, 0.3) is 0 Å². The monoisotopic (exact) mass is 496 g/mol. The number of benzene rings is 1. The van der Waals surface area contributed by atoms with Gasteiger partial charge in [0, 0.05) is 36.7 Å². The van der Waals surface area contributed by atoms with E-state index in [-0.39, 0.29) is 35.3 Å². The van der Waals surface area contributed by atoms with Crippen LogP contribution in [-0.4, -0.2) is 41.2 Å². The van der Waals surface area contributed by atoms with Gasteiger partial charge in [0.1, 0.15) is 11.1 Å². The lowest BCUT2D eigenvalue weighted by molar-refractivity contribution is -0.118. The number of halogens is 1. The molecular weight excluding hydrogens is 468 g/mol. The molecule has 5 rings (SSSR count). The van der Waals surface area contributed by atoms with Crippen molar-refractivity contribution in [1.29, 1.82) is 0 Å². The lowest BCUT2D eigenvalue weighted by atomic mass is 9.80. The number of nitrogens with zero attached hydrogens (tertiary/aromatic N) is 3. The predicted molar refractivity (Wildman–Crippen MR) is 135 cm³/mol. The molecular formula is C25H29ClN6O3. The molecule has 1 aromatic heterocycles. The van der Waals surface area contributed by atoms with Crippen molar-refractivity contribution in [3.05, 3.63) is 47.1 Å². The normalized spacial score (nSPS) is 26.3. The highest BCUT2D eigenvalue weighted by atomic mass is 35.5. The molecule has 35 heavy (non-hydrogen) atoms. The number of carbonyl (C=O) groups excluding carboxylic acids is 2. The first-order valence-electron chi connectivity index (χ1n) is 11.7. The molecule has 2 bridgehead atoms. The van der Waals surface area contributed by atoms with Crippen molar-refractivity contribution >= 4 is 46.7 Å². The van der Waals surface area contributed by atoms with Gasteiger partial charge in [0.15, 0.2) is 5.82 Å². The molecule has 0 saturated heterocycles. The smallest absolute Gasteiger partial charge is 0.404 e. The number of ether oxygens (including phenoxy) is 1. The lowest BCUT2D eigenvalue weighted by Crippen LogP contribution is -2.41. The minimum Gasteiger partial charge on any atom is -0.444 e. The van der Waals surface area contributed by atoms with Crippen LogP contribution in [0.3, 0.4) is 0 Å². The predicted octanol–water partition coefficient (Wildman–Crippen LogP) is 4.36. The second-order valence-corrected chi connectivity index (χ2v) is 10.5. The lowest BCUT2D eigenvalue weighted by Gasteiger charge is -2.28. The van der Waals surface area contributed by atoms with Crippen molar-refractivity contribution < 1.29 is 14.3 Å². The second-order valence-electron chi connectivity index (χ2n) is 10.1. The summed E-state index contributed by atoms with van der Waals surface area (Å²) in [6, 6.07) is 5.73. The van der Waals surface area contributed by atoms with E-state index in [9.17, 15) is 9.59 Å². The van der Waals surface area contributed by atoms with Crippen molar-refractivity contribution in [2.45, 2.75) is 50.7 Å². The summed E-state index contributed by atoms with van der Waals surface area (Å²) in [6.45, 7) is 4.30. The van der Waals surface area contributed by atoms with Crippen molar-refractivity contribution in [1.82, 2.24) is 9.97 Å². The van der Waals surface area contributed by atoms with Crippen LogP contribution in [0.5, 0.6) is 0 Å². The van der Waals surface area contributed by atoms with Crippen molar-refractivity contribution in [2.75, 3.05) is 22.6 Å². The van der Waals surface area contributed by atoms with E-state index in [1.54, 1.807) is 4.90 Å². The number of fused-ring (bicyclic) bond motifs is 3. The van der Waals surface area contributed by atoms with E-state index in [4.69, 9.17) is 22.1 Å². The Labute approximate surface area is 209 Å². The molecule has 2 aliphatic carbocycles. The van der Waals surface area contributed by atoms with E-state index in [1.165, 1.54) is 6.20 Å². The maximum atomic E-state index is 12.4. The zero-order valence-corrected chi connectivity index (χ0v) is 20.7. The van der Waals surface area contributed by atoms with E-state index >= 15 is 0 Å². The van der Waals surface area contributed by atoms with Crippen LogP contribution in [0.1, 0.15) is 38.7 Å². The molecule has 4 N–H and O–H groups in total. The van der Waals surface area contributed by atoms with Crippen molar-refractivity contribution in [2.24, 2.45) is 17.6 Å². The van der Waals surface area contributed by atoms with Crippen LogP contribution >= 0.6 is 11.6 Å². The number of anilines is 4. The van der Waals surface area contributed by atoms with Crippen LogP contribution in [0.2, 0.25) is 5.02 Å². The number of hydrogen-bond donors (Lipinski definition) is 3. The standard InChI is InChI=1S/C25H29ClN6O3/c1-25(2)9-8-19(33)32(3)18-7-6-15(11-16(18)25)29-24-28-12-17(26)22(31-24)30-20-13-4-5-14(10-13)21(20)35-23(27)34/h4-7,11-14,20-21H,8-10H2,1-3H3,(H2,27,34)(H2,28,29,30,31). The van der Waals surface area contributed by atoms with E-state index in [0.29, 0.717) is 23.2 Å². The number of nitrogens with one attached hydrogen (secondary N) is 2. The van der Waals surface area contributed by atoms with Crippen LogP contribution in [-0.2, 0) is 14.9 Å². The number of rotatable bonds is 5. The average molecular weight is 497 g/mol. The molecule has 4 unspecified atom stereocenters. The van der Waals surface area contributed by atoms with Crippen LogP contribution in [0, 0.1) is 11.8 Å². The Morgan fingerprint density at radius 2 is 2.06 bits per heavy atom. The third-order valence-corrected chi connectivity index (χ3v) is 7.64. The first-order chi connectivity index (χ1) is 16.6. The van der Waals surface area contributed by atoms with Crippen LogP contribution in [0.15, 0.2) is 36.5 Å². The molecule has 1 fully saturated rings. The third kappa shape index (κ3) is 4.40. The Morgan fingerprint density at radius 3 is 2.83 bits per heavy atom. The first-order valence-corrected chi connectivity index (χ1v) is 12.1. The first kappa shape index (κ1) is 23.4. The Balaban J connectivity index is 1.39. The highest BCUT2D eigenvalue weighted by molar-refractivity contribution is 6.32. The minimum atomic E-state index is -0.794. The van der Waals surface area contributed by atoms with Gasteiger partial charge in [0.05, 0.1) is 12.2 Å². The van der Waals surface area contributed by atoms with E-state index < -0.39 is 6.09 Å². The molecule has 184 valence electrons. The average Bonchev–Trinajstić information content (AvgIpc) is 3.39. The van der Waals surface area contributed by atoms with Gasteiger partial charge in [-0.05, 0) is 42.0 Å². The summed E-state index contributed by atoms with van der Waals surface area (Å²) >= 11 is 6.41. The number of nitrogens with two attached hydrogens (primary N) is 1. The molecule has 3 aliphatic rings. The molecule has 0 spiro atoms. The highest BCUT2D eigenvalue weighted by Gasteiger charge is 2.47. The van der Waals surface area contributed by atoms with Gasteiger partial charge in [0.2, 0.25) is 11.9 Å². The molecule has 2 amide bonds. The van der Waals surface area contributed by atoms with Gasteiger partial charge in [-0.25, -0.2) is 9.78 Å². The summed E-state index contributed by atoms with van der Waals surface area (Å²) in [7, 11) is 1.82. The van der Waals surface area contributed by atoms with Crippen molar-refractivity contribution in [3.63, 3.8) is 0 Å². The molecule has 1 aliphatic heterocycles. The molecule has 9 nitrogen and oxygen atoms in total. The van der Waals surface area contributed by atoms with Crippen LogP contribution in [0.4, 0.5) is 27.9 Å². The number of hydrogen-bond acceptors (Lipinski definition) is 7. The largest absolute Gasteiger partial charge is 0.444 e. The minimum absolute atomic E-state index is 0.114. The maximum absolute atomic E-state index is 12.4. The molecule has 10 heteroatoms. The Hall–Kier alpha value is -3.33. The van der Waals surface area contributed by atoms with E-state index in [1.807, 2.05) is 25.2 Å². The fourth-order valence-corrected chi connectivity index (χ4v) is 5.53. The summed E-state index contributed by atoms with van der Waals surface area (Å²) in [6.07, 6.45) is 6.71. The summed E-state index contributed by atoms with van der Waals surface area (Å²) < 4.78 is 5.39. The van der Waals surface area contributed by atoms with Gasteiger partial charge in [-0.3, -0.25) is 4.79 Å².